The molecule has 0 saturated heterocycles. The summed E-state index contributed by atoms with van der Waals surface area (Å²) in [6, 6.07) is 13.8. The first kappa shape index (κ1) is 13.2. The Hall–Kier alpha value is -2.80. The van der Waals surface area contributed by atoms with Crippen LogP contribution in [0.25, 0.3) is 10.8 Å². The minimum Gasteiger partial charge on any atom is -0.444 e. The maximum Gasteiger partial charge on any atom is 0.216 e. The highest BCUT2D eigenvalue weighted by molar-refractivity contribution is 5.97. The van der Waals surface area contributed by atoms with Gasteiger partial charge in [0.05, 0.1) is 17.8 Å². The maximum atomic E-state index is 9.19. The molecule has 0 radical (unpaired) electrons. The van der Waals surface area contributed by atoms with Gasteiger partial charge in [0.15, 0.2) is 0 Å². The Morgan fingerprint density at radius 2 is 1.95 bits per heavy atom. The lowest BCUT2D eigenvalue weighted by Crippen LogP contribution is -2.07. The van der Waals surface area contributed by atoms with Gasteiger partial charge in [0, 0.05) is 16.5 Å². The zero-order valence-corrected chi connectivity index (χ0v) is 11.9. The number of aryl methyl sites for hydroxylation is 1. The number of fused-ring (bicyclic) bond motifs is 1. The normalized spacial score (nSPS) is 12.0. The zero-order valence-electron chi connectivity index (χ0n) is 11.9. The van der Waals surface area contributed by atoms with E-state index in [9.17, 15) is 5.26 Å². The smallest absolute Gasteiger partial charge is 0.216 e. The molecular weight excluding hydrogens is 262 g/mol. The molecule has 0 aliphatic heterocycles. The summed E-state index contributed by atoms with van der Waals surface area (Å²) in [6.07, 6.45) is 1.71. The number of benzene rings is 2. The second kappa shape index (κ2) is 5.29. The van der Waals surface area contributed by atoms with Gasteiger partial charge in [0.2, 0.25) is 5.89 Å². The van der Waals surface area contributed by atoms with Gasteiger partial charge in [0.25, 0.3) is 0 Å². The lowest BCUT2D eigenvalue weighted by molar-refractivity contribution is 0.454. The van der Waals surface area contributed by atoms with E-state index in [1.54, 1.807) is 6.20 Å². The molecule has 0 amide bonds. The van der Waals surface area contributed by atoms with Crippen LogP contribution in [0.15, 0.2) is 47.0 Å². The van der Waals surface area contributed by atoms with Crippen molar-refractivity contribution in [3.63, 3.8) is 0 Å². The molecule has 0 saturated carbocycles. The van der Waals surface area contributed by atoms with Gasteiger partial charge < -0.3 is 9.73 Å². The molecule has 0 aliphatic carbocycles. The number of nitrogens with one attached hydrogen (secondary N) is 1. The first-order chi connectivity index (χ1) is 10.2. The Bertz CT molecular complexity index is 829. The monoisotopic (exact) mass is 277 g/mol. The van der Waals surface area contributed by atoms with Gasteiger partial charge in [-0.1, -0.05) is 24.3 Å². The summed E-state index contributed by atoms with van der Waals surface area (Å²) in [5.41, 5.74) is 1.64. The minimum atomic E-state index is -0.0463. The molecule has 3 rings (SSSR count). The molecule has 0 bridgehead atoms. The fourth-order valence-corrected chi connectivity index (χ4v) is 2.39. The van der Waals surface area contributed by atoms with Crippen molar-refractivity contribution in [3.8, 4) is 6.07 Å². The first-order valence-corrected chi connectivity index (χ1v) is 6.80. The van der Waals surface area contributed by atoms with Crippen LogP contribution in [-0.2, 0) is 0 Å². The van der Waals surface area contributed by atoms with E-state index >= 15 is 0 Å². The van der Waals surface area contributed by atoms with Crippen LogP contribution in [0, 0.1) is 18.3 Å². The number of oxazole rings is 1. The number of nitrogens with zero attached hydrogens (tertiary/aromatic N) is 2. The molecule has 0 spiro atoms. The summed E-state index contributed by atoms with van der Waals surface area (Å²) in [5.74, 6) is 1.45. The van der Waals surface area contributed by atoms with Crippen molar-refractivity contribution in [1.82, 2.24) is 4.98 Å². The predicted molar refractivity (Wildman–Crippen MR) is 81.9 cm³/mol. The molecule has 3 aromatic rings. The lowest BCUT2D eigenvalue weighted by Gasteiger charge is -2.14. The maximum absolute atomic E-state index is 9.19. The average Bonchev–Trinajstić information content (AvgIpc) is 2.94. The van der Waals surface area contributed by atoms with Crippen LogP contribution in [0.3, 0.4) is 0 Å². The van der Waals surface area contributed by atoms with Crippen molar-refractivity contribution < 1.29 is 4.42 Å². The third kappa shape index (κ3) is 2.46. The highest BCUT2D eigenvalue weighted by Crippen LogP contribution is 2.29. The van der Waals surface area contributed by atoms with E-state index in [-0.39, 0.29) is 6.04 Å². The molecule has 0 fully saturated rings. The van der Waals surface area contributed by atoms with Crippen LogP contribution in [0.5, 0.6) is 0 Å². The molecule has 4 heteroatoms. The first-order valence-electron chi connectivity index (χ1n) is 6.80. The number of nitriles is 1. The number of aromatic nitrogens is 1. The molecule has 21 heavy (non-hydrogen) atoms. The molecular formula is C17H15N3O. The largest absolute Gasteiger partial charge is 0.444 e. The lowest BCUT2D eigenvalue weighted by atomic mass is 10.0. The van der Waals surface area contributed by atoms with Crippen LogP contribution < -0.4 is 5.32 Å². The van der Waals surface area contributed by atoms with Crippen LogP contribution in [0.1, 0.15) is 30.2 Å². The average molecular weight is 277 g/mol. The summed E-state index contributed by atoms with van der Waals surface area (Å²) >= 11 is 0. The van der Waals surface area contributed by atoms with E-state index in [0.717, 1.165) is 22.2 Å². The van der Waals surface area contributed by atoms with E-state index in [0.29, 0.717) is 11.5 Å². The van der Waals surface area contributed by atoms with Gasteiger partial charge >= 0.3 is 0 Å². The molecule has 1 heterocycles. The van der Waals surface area contributed by atoms with Crippen LogP contribution >= 0.6 is 0 Å². The Balaban J connectivity index is 2.00. The minimum absolute atomic E-state index is 0.0463. The molecule has 1 unspecified atom stereocenters. The van der Waals surface area contributed by atoms with Crippen LogP contribution in [0.2, 0.25) is 0 Å². The van der Waals surface area contributed by atoms with Crippen molar-refractivity contribution in [2.75, 3.05) is 5.32 Å². The third-order valence-electron chi connectivity index (χ3n) is 3.43. The van der Waals surface area contributed by atoms with E-state index in [2.05, 4.69) is 16.4 Å². The van der Waals surface area contributed by atoms with Crippen molar-refractivity contribution >= 4 is 16.5 Å². The van der Waals surface area contributed by atoms with Crippen molar-refractivity contribution in [2.45, 2.75) is 19.9 Å². The number of hydrogen-bond donors (Lipinski definition) is 1. The fraction of sp³-hybridized carbons (Fsp3) is 0.176. The summed E-state index contributed by atoms with van der Waals surface area (Å²) < 4.78 is 5.55. The summed E-state index contributed by atoms with van der Waals surface area (Å²) in [4.78, 5) is 4.24. The number of anilines is 1. The van der Waals surface area contributed by atoms with Gasteiger partial charge in [-0.05, 0) is 26.0 Å². The number of rotatable bonds is 3. The summed E-state index contributed by atoms with van der Waals surface area (Å²) in [7, 11) is 0. The highest BCUT2D eigenvalue weighted by Gasteiger charge is 2.13. The van der Waals surface area contributed by atoms with Crippen molar-refractivity contribution in [2.24, 2.45) is 0 Å². The van der Waals surface area contributed by atoms with E-state index in [1.807, 2.05) is 50.2 Å². The highest BCUT2D eigenvalue weighted by atomic mass is 16.4. The van der Waals surface area contributed by atoms with Crippen LogP contribution in [0.4, 0.5) is 5.69 Å². The van der Waals surface area contributed by atoms with Gasteiger partial charge in [-0.15, -0.1) is 0 Å². The second-order valence-electron chi connectivity index (χ2n) is 4.99. The molecule has 0 aliphatic rings. The van der Waals surface area contributed by atoms with Crippen molar-refractivity contribution in [1.29, 1.82) is 5.26 Å². The second-order valence-corrected chi connectivity index (χ2v) is 4.99. The molecule has 4 nitrogen and oxygen atoms in total. The quantitative estimate of drug-likeness (QED) is 0.780. The predicted octanol–water partition coefficient (Wildman–Crippen LogP) is 4.18. The summed E-state index contributed by atoms with van der Waals surface area (Å²) in [6.45, 7) is 3.87. The summed E-state index contributed by atoms with van der Waals surface area (Å²) in [5, 5.41) is 14.6. The Labute approximate surface area is 123 Å². The van der Waals surface area contributed by atoms with E-state index in [4.69, 9.17) is 4.42 Å². The molecule has 1 atom stereocenters. The SMILES string of the molecule is Cc1cnc(C(C)Nc2ccc(C#N)c3ccccc23)o1. The Kier molecular flexibility index (Phi) is 3.33. The van der Waals surface area contributed by atoms with E-state index < -0.39 is 0 Å². The van der Waals surface area contributed by atoms with Gasteiger partial charge in [0.1, 0.15) is 11.8 Å². The molecule has 1 aromatic heterocycles. The molecule has 2 aromatic carbocycles. The zero-order chi connectivity index (χ0) is 14.8. The number of hydrogen-bond acceptors (Lipinski definition) is 4. The Morgan fingerprint density at radius 1 is 1.19 bits per heavy atom. The molecule has 1 N–H and O–H groups in total. The van der Waals surface area contributed by atoms with Crippen molar-refractivity contribution in [3.05, 3.63) is 59.8 Å². The van der Waals surface area contributed by atoms with Gasteiger partial charge in [-0.2, -0.15) is 5.26 Å². The standard InChI is InChI=1S/C17H15N3O/c1-11-10-19-17(21-11)12(2)20-16-8-7-13(9-18)14-5-3-4-6-15(14)16/h3-8,10,12,20H,1-2H3. The third-order valence-corrected chi connectivity index (χ3v) is 3.43. The topological polar surface area (TPSA) is 61.9 Å². The van der Waals surface area contributed by atoms with Gasteiger partial charge in [-0.3, -0.25) is 0 Å². The fourth-order valence-electron chi connectivity index (χ4n) is 2.39. The molecule has 104 valence electrons. The van der Waals surface area contributed by atoms with E-state index in [1.165, 1.54) is 0 Å². The van der Waals surface area contributed by atoms with Gasteiger partial charge in [-0.25, -0.2) is 4.98 Å². The van der Waals surface area contributed by atoms with Crippen LogP contribution in [-0.4, -0.2) is 4.98 Å². The Morgan fingerprint density at radius 3 is 2.62 bits per heavy atom.